The van der Waals surface area contributed by atoms with Crippen LogP contribution in [0.4, 0.5) is 0 Å². The minimum Gasteiger partial charge on any atom is -0.271 e. The molecule has 0 aliphatic heterocycles. The zero-order chi connectivity index (χ0) is 12.1. The van der Waals surface area contributed by atoms with E-state index in [1.54, 1.807) is 18.9 Å². The van der Waals surface area contributed by atoms with E-state index >= 15 is 0 Å². The molecular formula is C11H18BN3O. The maximum Gasteiger partial charge on any atom is 0.336 e. The molecule has 0 radical (unpaired) electrons. The molecule has 0 amide bonds. The molecule has 0 aromatic carbocycles. The summed E-state index contributed by atoms with van der Waals surface area (Å²) in [5.74, 6) is 0. The van der Waals surface area contributed by atoms with E-state index in [0.29, 0.717) is 0 Å². The van der Waals surface area contributed by atoms with E-state index in [1.807, 2.05) is 13.0 Å². The van der Waals surface area contributed by atoms with Crippen molar-refractivity contribution < 1.29 is 0 Å². The first-order valence-electron chi connectivity index (χ1n) is 5.60. The first-order chi connectivity index (χ1) is 7.63. The monoisotopic (exact) mass is 219 g/mol. The van der Waals surface area contributed by atoms with Crippen molar-refractivity contribution in [3.63, 3.8) is 0 Å². The fourth-order valence-electron chi connectivity index (χ4n) is 1.52. The summed E-state index contributed by atoms with van der Waals surface area (Å²) in [7, 11) is 1.65. The molecule has 1 aromatic rings. The third-order valence-electron chi connectivity index (χ3n) is 2.66. The first kappa shape index (κ1) is 12.6. The lowest BCUT2D eigenvalue weighted by molar-refractivity contribution is 0.926. The van der Waals surface area contributed by atoms with E-state index in [9.17, 15) is 4.79 Å². The Balaban J connectivity index is 3.15. The van der Waals surface area contributed by atoms with Crippen molar-refractivity contribution in [2.75, 3.05) is 0 Å². The van der Waals surface area contributed by atoms with Gasteiger partial charge in [-0.2, -0.15) is 5.10 Å². The Morgan fingerprint density at radius 1 is 1.50 bits per heavy atom. The van der Waals surface area contributed by atoms with Gasteiger partial charge in [-0.25, -0.2) is 4.79 Å². The largest absolute Gasteiger partial charge is 0.336 e. The van der Waals surface area contributed by atoms with Gasteiger partial charge in [0.25, 0.3) is 7.98 Å². The van der Waals surface area contributed by atoms with Crippen LogP contribution in [0.15, 0.2) is 28.8 Å². The summed E-state index contributed by atoms with van der Waals surface area (Å²) in [6.45, 7) is 6.16. The lowest BCUT2D eigenvalue weighted by Crippen LogP contribution is -2.22. The summed E-state index contributed by atoms with van der Waals surface area (Å²) in [5.41, 5.74) is 2.09. The summed E-state index contributed by atoms with van der Waals surface area (Å²) in [6, 6.07) is 0. The fraction of sp³-hybridized carbons (Fsp3) is 0.455. The Morgan fingerprint density at radius 2 is 2.12 bits per heavy atom. The van der Waals surface area contributed by atoms with Crippen LogP contribution in [0.1, 0.15) is 33.6 Å². The van der Waals surface area contributed by atoms with Gasteiger partial charge in [-0.15, -0.1) is 0 Å². The van der Waals surface area contributed by atoms with E-state index in [1.165, 1.54) is 10.2 Å². The molecule has 0 N–H and O–H groups in total. The van der Waals surface area contributed by atoms with Crippen LogP contribution in [0.3, 0.4) is 0 Å². The van der Waals surface area contributed by atoms with Crippen LogP contribution in [0, 0.1) is 0 Å². The Morgan fingerprint density at radius 3 is 2.50 bits per heavy atom. The molecule has 16 heavy (non-hydrogen) atoms. The van der Waals surface area contributed by atoms with Gasteiger partial charge in [0.05, 0.1) is 0 Å². The van der Waals surface area contributed by atoms with Gasteiger partial charge in [0, 0.05) is 5.70 Å². The molecule has 1 heterocycles. The quantitative estimate of drug-likeness (QED) is 0.560. The van der Waals surface area contributed by atoms with Gasteiger partial charge in [0.2, 0.25) is 0 Å². The molecular weight excluding hydrogens is 201 g/mol. The minimum absolute atomic E-state index is 0.115. The molecule has 86 valence electrons. The molecule has 0 atom stereocenters. The minimum atomic E-state index is -0.115. The van der Waals surface area contributed by atoms with E-state index in [2.05, 4.69) is 25.0 Å². The number of nitrogens with zero attached hydrogens (tertiary/aromatic N) is 3. The van der Waals surface area contributed by atoms with Crippen LogP contribution >= 0.6 is 0 Å². The number of allylic oxidation sites excluding steroid dienone is 4. The van der Waals surface area contributed by atoms with E-state index in [4.69, 9.17) is 0 Å². The normalized spacial score (nSPS) is 11.6. The molecule has 1 aromatic heterocycles. The van der Waals surface area contributed by atoms with Gasteiger partial charge >= 0.3 is 5.69 Å². The molecule has 5 heteroatoms. The van der Waals surface area contributed by atoms with Gasteiger partial charge in [0.1, 0.15) is 6.33 Å². The van der Waals surface area contributed by atoms with Crippen molar-refractivity contribution in [3.05, 3.63) is 34.5 Å². The Kier molecular flexibility index (Phi) is 4.34. The van der Waals surface area contributed by atoms with E-state index in [0.717, 1.165) is 18.5 Å². The van der Waals surface area contributed by atoms with Crippen LogP contribution in [0.25, 0.3) is 5.70 Å². The third kappa shape index (κ3) is 2.54. The number of aromatic nitrogens is 3. The second-order valence-corrected chi connectivity index (χ2v) is 3.63. The molecule has 0 aliphatic carbocycles. The van der Waals surface area contributed by atoms with Crippen LogP contribution < -0.4 is 5.69 Å². The lowest BCUT2D eigenvalue weighted by atomic mass is 10.1. The smallest absolute Gasteiger partial charge is 0.271 e. The average molecular weight is 219 g/mol. The predicted octanol–water partition coefficient (Wildman–Crippen LogP) is 1.05. The summed E-state index contributed by atoms with van der Waals surface area (Å²) < 4.78 is 2.89. The summed E-state index contributed by atoms with van der Waals surface area (Å²) in [6.07, 6.45) is 7.54. The maximum absolute atomic E-state index is 11.7. The standard InChI is InChI=1S/C11H18BN3O/c1-4-9(5-2)7-10(6-3)14-8-13-15(12)11(14)16/h6-8H,4-5,12H2,1-3H3/b10-6+. The highest BCUT2D eigenvalue weighted by Crippen LogP contribution is 2.12. The van der Waals surface area contributed by atoms with Gasteiger partial charge in [-0.1, -0.05) is 25.5 Å². The zero-order valence-corrected chi connectivity index (χ0v) is 10.4. The van der Waals surface area contributed by atoms with Crippen molar-refractivity contribution >= 4 is 13.7 Å². The molecule has 0 fully saturated rings. The highest BCUT2D eigenvalue weighted by molar-refractivity contribution is 6.05. The van der Waals surface area contributed by atoms with Gasteiger partial charge in [-0.05, 0) is 25.8 Å². The number of rotatable bonds is 4. The molecule has 0 aliphatic rings. The van der Waals surface area contributed by atoms with Crippen molar-refractivity contribution in [2.45, 2.75) is 33.6 Å². The van der Waals surface area contributed by atoms with Crippen molar-refractivity contribution in [3.8, 4) is 0 Å². The number of hydrogen-bond acceptors (Lipinski definition) is 2. The topological polar surface area (TPSA) is 39.8 Å². The summed E-state index contributed by atoms with van der Waals surface area (Å²) >= 11 is 0. The van der Waals surface area contributed by atoms with Crippen molar-refractivity contribution in [2.24, 2.45) is 0 Å². The molecule has 0 saturated heterocycles. The van der Waals surface area contributed by atoms with Gasteiger partial charge in [-0.3, -0.25) is 9.16 Å². The average Bonchev–Trinajstić information content (AvgIpc) is 2.62. The Labute approximate surface area is 96.7 Å². The Bertz CT molecular complexity index is 462. The summed E-state index contributed by atoms with van der Waals surface area (Å²) in [5, 5.41) is 3.94. The van der Waals surface area contributed by atoms with Crippen molar-refractivity contribution in [1.82, 2.24) is 14.3 Å². The van der Waals surface area contributed by atoms with Crippen molar-refractivity contribution in [1.29, 1.82) is 0 Å². The Hall–Kier alpha value is -1.52. The lowest BCUT2D eigenvalue weighted by Gasteiger charge is -2.04. The van der Waals surface area contributed by atoms with Crippen LogP contribution in [0.2, 0.25) is 0 Å². The zero-order valence-electron chi connectivity index (χ0n) is 10.4. The van der Waals surface area contributed by atoms with E-state index in [-0.39, 0.29) is 5.69 Å². The molecule has 0 spiro atoms. The van der Waals surface area contributed by atoms with E-state index < -0.39 is 0 Å². The highest BCUT2D eigenvalue weighted by Gasteiger charge is 2.04. The first-order valence-corrected chi connectivity index (χ1v) is 5.60. The maximum atomic E-state index is 11.7. The van der Waals surface area contributed by atoms with Gasteiger partial charge in [0.15, 0.2) is 0 Å². The molecule has 1 rings (SSSR count). The van der Waals surface area contributed by atoms with Crippen LogP contribution in [0.5, 0.6) is 0 Å². The van der Waals surface area contributed by atoms with Crippen LogP contribution in [-0.4, -0.2) is 22.2 Å². The predicted molar refractivity (Wildman–Crippen MR) is 69.0 cm³/mol. The molecule has 0 unspecified atom stereocenters. The molecule has 0 saturated carbocycles. The third-order valence-corrected chi connectivity index (χ3v) is 2.66. The second kappa shape index (κ2) is 5.54. The number of hydrogen-bond donors (Lipinski definition) is 0. The molecule has 0 bridgehead atoms. The van der Waals surface area contributed by atoms with Gasteiger partial charge < -0.3 is 0 Å². The highest BCUT2D eigenvalue weighted by atomic mass is 16.2. The fourth-order valence-corrected chi connectivity index (χ4v) is 1.52. The SMILES string of the molecule is Bn1ncn(/C(C=C(CC)CC)=C/C)c1=O. The molecule has 4 nitrogen and oxygen atoms in total. The van der Waals surface area contributed by atoms with Crippen LogP contribution in [-0.2, 0) is 0 Å². The second-order valence-electron chi connectivity index (χ2n) is 3.63. The summed E-state index contributed by atoms with van der Waals surface area (Å²) in [4.78, 5) is 11.7.